The van der Waals surface area contributed by atoms with Gasteiger partial charge in [-0.05, 0) is 32.9 Å². The van der Waals surface area contributed by atoms with Crippen molar-refractivity contribution in [3.63, 3.8) is 0 Å². The van der Waals surface area contributed by atoms with Crippen molar-refractivity contribution in [1.29, 1.82) is 0 Å². The van der Waals surface area contributed by atoms with Gasteiger partial charge in [0, 0.05) is 0 Å². The molecule has 1 rings (SSSR count). The minimum atomic E-state index is 0.162. The summed E-state index contributed by atoms with van der Waals surface area (Å²) in [6.07, 6.45) is 0.162. The smallest absolute Gasteiger partial charge is 0.161 e. The van der Waals surface area contributed by atoms with E-state index in [0.717, 1.165) is 11.5 Å². The molecule has 71 valence electrons. The highest BCUT2D eigenvalue weighted by Crippen LogP contribution is 2.26. The molecule has 1 radical (unpaired) electrons. The van der Waals surface area contributed by atoms with Crippen molar-refractivity contribution in [2.24, 2.45) is 0 Å². The van der Waals surface area contributed by atoms with Crippen molar-refractivity contribution in [2.75, 3.05) is 6.61 Å². The number of benzene rings is 1. The lowest BCUT2D eigenvalue weighted by atomic mass is 10.3. The number of rotatable bonds is 4. The summed E-state index contributed by atoms with van der Waals surface area (Å²) in [6.45, 7) is 8.01. The van der Waals surface area contributed by atoms with E-state index < -0.39 is 0 Å². The lowest BCUT2D eigenvalue weighted by Crippen LogP contribution is -2.07. The molecule has 0 aromatic heterocycles. The monoisotopic (exact) mass is 179 g/mol. The van der Waals surface area contributed by atoms with Crippen LogP contribution in [0.4, 0.5) is 0 Å². The standard InChI is InChI=1S/C11H15O2/c1-4-12-10-7-5-6-8-11(10)13-9(2)3/h5-9H,1,4H2,2-3H3. The van der Waals surface area contributed by atoms with Crippen LogP contribution in [0.5, 0.6) is 11.5 Å². The minimum Gasteiger partial charge on any atom is -0.490 e. The molecule has 0 aliphatic carbocycles. The van der Waals surface area contributed by atoms with E-state index in [1.807, 2.05) is 38.1 Å². The highest BCUT2D eigenvalue weighted by molar-refractivity contribution is 5.39. The van der Waals surface area contributed by atoms with Crippen LogP contribution in [0.15, 0.2) is 24.3 Å². The fourth-order valence-electron chi connectivity index (χ4n) is 1.03. The van der Waals surface area contributed by atoms with E-state index in [2.05, 4.69) is 6.92 Å². The SMILES string of the molecule is [CH2]COc1ccccc1OC(C)C. The maximum absolute atomic E-state index is 5.55. The van der Waals surface area contributed by atoms with Gasteiger partial charge < -0.3 is 9.47 Å². The van der Waals surface area contributed by atoms with Crippen molar-refractivity contribution in [3.05, 3.63) is 31.2 Å². The molecule has 1 aromatic carbocycles. The molecule has 0 fully saturated rings. The zero-order valence-corrected chi connectivity index (χ0v) is 8.12. The van der Waals surface area contributed by atoms with E-state index in [9.17, 15) is 0 Å². The summed E-state index contributed by atoms with van der Waals surface area (Å²) in [5, 5.41) is 0. The van der Waals surface area contributed by atoms with E-state index in [4.69, 9.17) is 9.47 Å². The first-order valence-corrected chi connectivity index (χ1v) is 4.41. The van der Waals surface area contributed by atoms with Gasteiger partial charge in [0.25, 0.3) is 0 Å². The predicted octanol–water partition coefficient (Wildman–Crippen LogP) is 2.69. The lowest BCUT2D eigenvalue weighted by Gasteiger charge is -2.13. The highest BCUT2D eigenvalue weighted by Gasteiger charge is 2.04. The molecule has 0 saturated heterocycles. The average molecular weight is 179 g/mol. The molecule has 0 spiro atoms. The van der Waals surface area contributed by atoms with Crippen LogP contribution in [0, 0.1) is 6.92 Å². The summed E-state index contributed by atoms with van der Waals surface area (Å²) < 4.78 is 10.8. The van der Waals surface area contributed by atoms with Crippen LogP contribution < -0.4 is 9.47 Å². The van der Waals surface area contributed by atoms with Crippen LogP contribution in [0.1, 0.15) is 13.8 Å². The molecule has 0 heterocycles. The van der Waals surface area contributed by atoms with Gasteiger partial charge in [-0.3, -0.25) is 0 Å². The molecule has 1 aromatic rings. The first-order chi connectivity index (χ1) is 6.24. The quantitative estimate of drug-likeness (QED) is 0.707. The summed E-state index contributed by atoms with van der Waals surface area (Å²) in [7, 11) is 0. The van der Waals surface area contributed by atoms with Gasteiger partial charge in [-0.1, -0.05) is 12.1 Å². The van der Waals surface area contributed by atoms with Crippen LogP contribution in [0.2, 0.25) is 0 Å². The van der Waals surface area contributed by atoms with Gasteiger partial charge in [0.2, 0.25) is 0 Å². The normalized spacial score (nSPS) is 10.2. The van der Waals surface area contributed by atoms with Crippen LogP contribution in [-0.4, -0.2) is 12.7 Å². The molecule has 0 saturated carbocycles. The molecule has 13 heavy (non-hydrogen) atoms. The van der Waals surface area contributed by atoms with Gasteiger partial charge in [0.1, 0.15) is 0 Å². The van der Waals surface area contributed by atoms with Crippen LogP contribution in [-0.2, 0) is 0 Å². The van der Waals surface area contributed by atoms with Gasteiger partial charge in [0.05, 0.1) is 12.7 Å². The second-order valence-corrected chi connectivity index (χ2v) is 2.96. The minimum absolute atomic E-state index is 0.162. The van der Waals surface area contributed by atoms with Gasteiger partial charge in [0.15, 0.2) is 11.5 Å². The Morgan fingerprint density at radius 3 is 2.38 bits per heavy atom. The third-order valence-electron chi connectivity index (χ3n) is 1.47. The third-order valence-corrected chi connectivity index (χ3v) is 1.47. The fourth-order valence-corrected chi connectivity index (χ4v) is 1.03. The maximum atomic E-state index is 5.55. The van der Waals surface area contributed by atoms with E-state index in [1.165, 1.54) is 0 Å². The first-order valence-electron chi connectivity index (χ1n) is 4.41. The lowest BCUT2D eigenvalue weighted by molar-refractivity contribution is 0.226. The van der Waals surface area contributed by atoms with E-state index in [-0.39, 0.29) is 6.10 Å². The van der Waals surface area contributed by atoms with Gasteiger partial charge in [-0.15, -0.1) is 0 Å². The average Bonchev–Trinajstić information content (AvgIpc) is 2.08. The number of hydrogen-bond donors (Lipinski definition) is 0. The highest BCUT2D eigenvalue weighted by atomic mass is 16.5. The van der Waals surface area contributed by atoms with Gasteiger partial charge in [-0.2, -0.15) is 0 Å². The Labute approximate surface area is 79.5 Å². The molecule has 0 atom stereocenters. The Kier molecular flexibility index (Phi) is 3.62. The summed E-state index contributed by atoms with van der Waals surface area (Å²) in [4.78, 5) is 0. The maximum Gasteiger partial charge on any atom is 0.161 e. The van der Waals surface area contributed by atoms with Crippen molar-refractivity contribution >= 4 is 0 Å². The number of para-hydroxylation sites is 2. The van der Waals surface area contributed by atoms with E-state index >= 15 is 0 Å². The molecule has 2 heteroatoms. The second-order valence-electron chi connectivity index (χ2n) is 2.96. The second kappa shape index (κ2) is 4.75. The van der Waals surface area contributed by atoms with Crippen LogP contribution >= 0.6 is 0 Å². The molecular formula is C11H15O2. The molecule has 0 unspecified atom stereocenters. The molecule has 0 aliphatic heterocycles. The largest absolute Gasteiger partial charge is 0.490 e. The van der Waals surface area contributed by atoms with Gasteiger partial charge in [-0.25, -0.2) is 0 Å². The van der Waals surface area contributed by atoms with Crippen molar-refractivity contribution in [2.45, 2.75) is 20.0 Å². The summed E-state index contributed by atoms with van der Waals surface area (Å²) in [6, 6.07) is 7.61. The van der Waals surface area contributed by atoms with Crippen LogP contribution in [0.3, 0.4) is 0 Å². The molecule has 0 N–H and O–H groups in total. The first kappa shape index (κ1) is 9.90. The Balaban J connectivity index is 2.78. The van der Waals surface area contributed by atoms with Crippen LogP contribution in [0.25, 0.3) is 0 Å². The third kappa shape index (κ3) is 2.98. The van der Waals surface area contributed by atoms with Crippen molar-refractivity contribution in [1.82, 2.24) is 0 Å². The zero-order valence-electron chi connectivity index (χ0n) is 8.12. The van der Waals surface area contributed by atoms with E-state index in [1.54, 1.807) is 0 Å². The topological polar surface area (TPSA) is 18.5 Å². The van der Waals surface area contributed by atoms with E-state index in [0.29, 0.717) is 6.61 Å². The zero-order chi connectivity index (χ0) is 9.68. The predicted molar refractivity (Wildman–Crippen MR) is 53.1 cm³/mol. The summed E-state index contributed by atoms with van der Waals surface area (Å²) in [5.41, 5.74) is 0. The van der Waals surface area contributed by atoms with Crippen molar-refractivity contribution < 1.29 is 9.47 Å². The fraction of sp³-hybridized carbons (Fsp3) is 0.364. The number of hydrogen-bond acceptors (Lipinski definition) is 2. The van der Waals surface area contributed by atoms with Crippen molar-refractivity contribution in [3.8, 4) is 11.5 Å². The Bertz CT molecular complexity index is 256. The van der Waals surface area contributed by atoms with Gasteiger partial charge >= 0.3 is 0 Å². The summed E-state index contributed by atoms with van der Waals surface area (Å²) in [5.74, 6) is 1.53. The Hall–Kier alpha value is -1.18. The summed E-state index contributed by atoms with van der Waals surface area (Å²) >= 11 is 0. The molecule has 0 bridgehead atoms. The molecule has 2 nitrogen and oxygen atoms in total. The Morgan fingerprint density at radius 2 is 1.85 bits per heavy atom. The molecule has 0 aliphatic rings. The number of ether oxygens (including phenoxy) is 2. The Morgan fingerprint density at radius 1 is 1.23 bits per heavy atom. The molecular weight excluding hydrogens is 164 g/mol. The molecule has 0 amide bonds.